The van der Waals surface area contributed by atoms with Crippen molar-refractivity contribution in [1.82, 2.24) is 16.0 Å². The molecule has 2 aliphatic rings. The maximum absolute atomic E-state index is 13.6. The average molecular weight is 672 g/mol. The zero-order valence-electron chi connectivity index (χ0n) is 27.3. The molecular formula is C31H37N5O12. The van der Waals surface area contributed by atoms with Crippen LogP contribution in [0.15, 0.2) is 30.3 Å². The normalized spacial score (nSPS) is 19.9. The summed E-state index contributed by atoms with van der Waals surface area (Å²) in [7, 11) is 1.18. The molecule has 0 saturated carbocycles. The molecule has 0 unspecified atom stereocenters. The zero-order chi connectivity index (χ0) is 36.1. The van der Waals surface area contributed by atoms with Crippen LogP contribution in [0.2, 0.25) is 0 Å². The van der Waals surface area contributed by atoms with E-state index in [0.717, 1.165) is 18.2 Å². The molecule has 258 valence electrons. The fourth-order valence-electron chi connectivity index (χ4n) is 4.48. The van der Waals surface area contributed by atoms with Crippen molar-refractivity contribution in [1.29, 1.82) is 5.26 Å². The van der Waals surface area contributed by atoms with Crippen LogP contribution in [0.3, 0.4) is 0 Å². The second-order valence-electron chi connectivity index (χ2n) is 12.6. The molecule has 0 saturated heterocycles. The van der Waals surface area contributed by atoms with E-state index in [0.29, 0.717) is 0 Å². The van der Waals surface area contributed by atoms with Crippen LogP contribution in [0.1, 0.15) is 71.2 Å². The Kier molecular flexibility index (Phi) is 11.1. The molecule has 3 amide bonds. The molecule has 48 heavy (non-hydrogen) atoms. The number of phenolic OH excluding ortho intramolecular Hbond substituents is 1. The number of ether oxygens (including phenoxy) is 4. The Labute approximate surface area is 275 Å². The highest BCUT2D eigenvalue weighted by molar-refractivity contribution is 5.94. The molecule has 0 aliphatic carbocycles. The van der Waals surface area contributed by atoms with Crippen molar-refractivity contribution in [2.75, 3.05) is 7.11 Å². The van der Waals surface area contributed by atoms with E-state index in [4.69, 9.17) is 18.9 Å². The first-order valence-electron chi connectivity index (χ1n) is 14.5. The van der Waals surface area contributed by atoms with Gasteiger partial charge in [0.25, 0.3) is 0 Å². The molecule has 5 N–H and O–H groups in total. The molecule has 2 heterocycles. The third kappa shape index (κ3) is 9.22. The first kappa shape index (κ1) is 36.8. The number of aromatic hydroxyl groups is 1. The lowest BCUT2D eigenvalue weighted by Gasteiger charge is -2.29. The Morgan fingerprint density at radius 1 is 1.02 bits per heavy atom. The first-order chi connectivity index (χ1) is 22.2. The molecule has 0 spiro atoms. The van der Waals surface area contributed by atoms with Gasteiger partial charge in [0.2, 0.25) is 23.3 Å². The third-order valence-electron chi connectivity index (χ3n) is 6.46. The van der Waals surface area contributed by atoms with E-state index in [-0.39, 0.29) is 22.6 Å². The van der Waals surface area contributed by atoms with E-state index in [9.17, 15) is 44.8 Å². The number of rotatable bonds is 5. The number of fused-ring (bicyclic) bond motifs is 9. The summed E-state index contributed by atoms with van der Waals surface area (Å²) in [5.74, 6) is -4.86. The second kappa shape index (κ2) is 14.4. The van der Waals surface area contributed by atoms with E-state index < -0.39 is 87.8 Å². The minimum atomic E-state index is -1.97. The van der Waals surface area contributed by atoms with E-state index >= 15 is 0 Å². The SMILES string of the molecule is COc1c(O)cc2cc1Oc1ccc(cc1[N+](=O)[O-])[C@@H](O)[C@@H](NC(=O)OC(C)(C)C)C(=O)N[C@@H](CC#N)C(=O)N[C@@H]2C(=O)OC(C)(C)C. The summed E-state index contributed by atoms with van der Waals surface area (Å²) < 4.78 is 21.7. The Balaban J connectivity index is 2.30. The van der Waals surface area contributed by atoms with Gasteiger partial charge >= 0.3 is 17.7 Å². The van der Waals surface area contributed by atoms with Gasteiger partial charge < -0.3 is 45.1 Å². The number of nitriles is 1. The highest BCUT2D eigenvalue weighted by Gasteiger charge is 2.38. The number of carbonyl (C=O) groups is 4. The van der Waals surface area contributed by atoms with Crippen molar-refractivity contribution in [3.05, 3.63) is 51.6 Å². The van der Waals surface area contributed by atoms with Crippen LogP contribution in [0.5, 0.6) is 23.0 Å². The summed E-state index contributed by atoms with van der Waals surface area (Å²) in [5, 5.41) is 50.7. The average Bonchev–Trinajstić information content (AvgIpc) is 2.95. The lowest BCUT2D eigenvalue weighted by atomic mass is 9.99. The molecule has 0 fully saturated rings. The summed E-state index contributed by atoms with van der Waals surface area (Å²) in [4.78, 5) is 64.7. The molecule has 4 atom stereocenters. The lowest BCUT2D eigenvalue weighted by molar-refractivity contribution is -0.385. The number of hydrogen-bond acceptors (Lipinski definition) is 13. The van der Waals surface area contributed by atoms with Crippen molar-refractivity contribution >= 4 is 29.6 Å². The summed E-state index contributed by atoms with van der Waals surface area (Å²) in [5.41, 5.74) is -3.16. The number of aliphatic hydroxyl groups is 1. The van der Waals surface area contributed by atoms with E-state index in [1.54, 1.807) is 47.6 Å². The first-order valence-corrected chi connectivity index (χ1v) is 14.5. The van der Waals surface area contributed by atoms with Gasteiger partial charge in [-0.3, -0.25) is 19.7 Å². The number of aliphatic hydroxyl groups excluding tert-OH is 1. The minimum Gasteiger partial charge on any atom is -0.504 e. The van der Waals surface area contributed by atoms with Crippen LogP contribution in [0, 0.1) is 21.4 Å². The monoisotopic (exact) mass is 671 g/mol. The maximum Gasteiger partial charge on any atom is 0.408 e. The van der Waals surface area contributed by atoms with Crippen molar-refractivity contribution < 1.29 is 53.3 Å². The smallest absolute Gasteiger partial charge is 0.408 e. The molecule has 2 aliphatic heterocycles. The fraction of sp³-hybridized carbons (Fsp3) is 0.452. The molecule has 4 bridgehead atoms. The van der Waals surface area contributed by atoms with Crippen LogP contribution >= 0.6 is 0 Å². The van der Waals surface area contributed by atoms with Gasteiger partial charge in [0.1, 0.15) is 29.4 Å². The van der Waals surface area contributed by atoms with E-state index in [1.165, 1.54) is 19.2 Å². The fourth-order valence-corrected chi connectivity index (χ4v) is 4.48. The van der Waals surface area contributed by atoms with Gasteiger partial charge in [-0.05, 0) is 70.9 Å². The van der Waals surface area contributed by atoms with Gasteiger partial charge in [-0.2, -0.15) is 5.26 Å². The van der Waals surface area contributed by atoms with Crippen LogP contribution in [-0.2, 0) is 23.9 Å². The minimum absolute atomic E-state index is 0.126. The summed E-state index contributed by atoms with van der Waals surface area (Å²) in [6.07, 6.45) is -3.77. The van der Waals surface area contributed by atoms with Crippen molar-refractivity contribution in [3.63, 3.8) is 0 Å². The number of benzene rings is 2. The quantitative estimate of drug-likeness (QED) is 0.174. The van der Waals surface area contributed by atoms with Crippen molar-refractivity contribution in [2.24, 2.45) is 0 Å². The predicted octanol–water partition coefficient (Wildman–Crippen LogP) is 2.94. The van der Waals surface area contributed by atoms with Gasteiger partial charge in [0.15, 0.2) is 17.5 Å². The largest absolute Gasteiger partial charge is 0.504 e. The van der Waals surface area contributed by atoms with Gasteiger partial charge in [-0.25, -0.2) is 9.59 Å². The molecular weight excluding hydrogens is 634 g/mol. The Morgan fingerprint density at radius 3 is 2.23 bits per heavy atom. The number of esters is 1. The predicted molar refractivity (Wildman–Crippen MR) is 165 cm³/mol. The highest BCUT2D eigenvalue weighted by atomic mass is 16.6. The number of nitro groups is 1. The number of alkyl carbamates (subject to hydrolysis) is 1. The van der Waals surface area contributed by atoms with Crippen LogP contribution in [-0.4, -0.2) is 69.4 Å². The van der Waals surface area contributed by atoms with Crippen molar-refractivity contribution in [2.45, 2.75) is 83.4 Å². The van der Waals surface area contributed by atoms with Crippen molar-refractivity contribution in [3.8, 4) is 29.1 Å². The van der Waals surface area contributed by atoms with E-state index in [1.807, 2.05) is 0 Å². The number of hydrogen-bond donors (Lipinski definition) is 5. The summed E-state index contributed by atoms with van der Waals surface area (Å²) in [6, 6.07) is 1.87. The molecule has 17 nitrogen and oxygen atoms in total. The highest BCUT2D eigenvalue weighted by Crippen LogP contribution is 2.44. The number of methoxy groups -OCH3 is 1. The Bertz CT molecular complexity index is 1640. The van der Waals surface area contributed by atoms with Gasteiger partial charge in [-0.1, -0.05) is 6.07 Å². The maximum atomic E-state index is 13.6. The van der Waals surface area contributed by atoms with E-state index in [2.05, 4.69) is 16.0 Å². The molecule has 0 aromatic heterocycles. The molecule has 2 aromatic rings. The molecule has 0 radical (unpaired) electrons. The van der Waals surface area contributed by atoms with Crippen LogP contribution in [0.4, 0.5) is 10.5 Å². The summed E-state index contributed by atoms with van der Waals surface area (Å²) >= 11 is 0. The second-order valence-corrected chi connectivity index (χ2v) is 12.6. The lowest BCUT2D eigenvalue weighted by Crippen LogP contribution is -2.56. The molecule has 17 heteroatoms. The Hall–Kier alpha value is -5.63. The summed E-state index contributed by atoms with van der Waals surface area (Å²) in [6.45, 7) is 9.32. The number of nitrogens with one attached hydrogen (secondary N) is 3. The molecule has 4 rings (SSSR count). The number of phenols is 1. The van der Waals surface area contributed by atoms with Crippen LogP contribution in [0.25, 0.3) is 0 Å². The number of carbonyl (C=O) groups excluding carboxylic acids is 4. The topological polar surface area (TPSA) is 249 Å². The Morgan fingerprint density at radius 2 is 1.67 bits per heavy atom. The zero-order valence-corrected chi connectivity index (χ0v) is 27.3. The molecule has 2 aromatic carbocycles. The number of amides is 3. The standard InChI is InChI=1S/C31H37N5O12/c1-30(2,3)47-28(41)22-16-13-19(37)25(45-7)21(14-16)46-20-9-8-15(12-18(20)36(43)44)24(38)23(35-29(42)48-31(4,5)6)27(40)33-17(10-11-32)26(39)34-22/h8-9,12-14,17,22-24,37-38H,10H2,1-7H3,(H,33,40)(H,34,39)(H,35,42)/t17-,22-,23+,24+/m0/s1. The van der Waals surface area contributed by atoms with Gasteiger partial charge in [-0.15, -0.1) is 0 Å². The van der Waals surface area contributed by atoms with Gasteiger partial charge in [0, 0.05) is 6.07 Å². The van der Waals surface area contributed by atoms with Crippen LogP contribution < -0.4 is 25.4 Å². The van der Waals surface area contributed by atoms with Gasteiger partial charge in [0.05, 0.1) is 24.5 Å². The number of nitrogens with zero attached hydrogens (tertiary/aromatic N) is 2. The third-order valence-corrected chi connectivity index (χ3v) is 6.46. The number of nitro benzene ring substituents is 1.